The van der Waals surface area contributed by atoms with Crippen molar-refractivity contribution in [2.24, 2.45) is 5.92 Å². The van der Waals surface area contributed by atoms with Gasteiger partial charge in [0.05, 0.1) is 30.7 Å². The van der Waals surface area contributed by atoms with Gasteiger partial charge < -0.3 is 14.7 Å². The Labute approximate surface area is 96.6 Å². The summed E-state index contributed by atoms with van der Waals surface area (Å²) in [6, 6.07) is 0. The molecule has 0 radical (unpaired) electrons. The molecule has 0 aliphatic carbocycles. The Bertz CT molecular complexity index is 273. The summed E-state index contributed by atoms with van der Waals surface area (Å²) in [6.45, 7) is 5.69. The second-order valence-electron chi connectivity index (χ2n) is 5.14. The van der Waals surface area contributed by atoms with Gasteiger partial charge in [0.2, 0.25) is 5.91 Å². The van der Waals surface area contributed by atoms with Crippen molar-refractivity contribution < 1.29 is 14.6 Å². The van der Waals surface area contributed by atoms with Crippen LogP contribution >= 0.6 is 0 Å². The van der Waals surface area contributed by atoms with E-state index in [4.69, 9.17) is 4.74 Å². The molecule has 2 heterocycles. The van der Waals surface area contributed by atoms with Gasteiger partial charge in [-0.1, -0.05) is 13.3 Å². The molecular weight excluding hydrogens is 206 g/mol. The fourth-order valence-corrected chi connectivity index (χ4v) is 2.73. The van der Waals surface area contributed by atoms with Crippen molar-refractivity contribution in [3.63, 3.8) is 0 Å². The molecule has 4 nitrogen and oxygen atoms in total. The minimum Gasteiger partial charge on any atom is -0.386 e. The van der Waals surface area contributed by atoms with Gasteiger partial charge in [-0.2, -0.15) is 0 Å². The number of carbonyl (C=O) groups is 1. The molecule has 2 saturated heterocycles. The number of rotatable bonds is 3. The van der Waals surface area contributed by atoms with Crippen LogP contribution in [0.5, 0.6) is 0 Å². The summed E-state index contributed by atoms with van der Waals surface area (Å²) >= 11 is 0. The van der Waals surface area contributed by atoms with E-state index in [1.54, 1.807) is 4.90 Å². The Balaban J connectivity index is 1.85. The third-order valence-electron chi connectivity index (χ3n) is 3.69. The number of hydrogen-bond acceptors (Lipinski definition) is 3. The highest BCUT2D eigenvalue weighted by atomic mass is 16.5. The van der Waals surface area contributed by atoms with Gasteiger partial charge in [-0.25, -0.2) is 0 Å². The molecule has 2 unspecified atom stereocenters. The molecule has 0 aromatic heterocycles. The van der Waals surface area contributed by atoms with E-state index in [-0.39, 0.29) is 17.9 Å². The standard InChI is InChI=1S/C12H21NO3/c1-3-5-12(15)7-13(8-12)11(14)10-4-6-16-9(10)2/h9-10,15H,3-8H2,1-2H3. The van der Waals surface area contributed by atoms with Crippen LogP contribution in [0, 0.1) is 5.92 Å². The van der Waals surface area contributed by atoms with E-state index in [0.29, 0.717) is 19.7 Å². The Morgan fingerprint density at radius 2 is 2.25 bits per heavy atom. The maximum atomic E-state index is 12.1. The van der Waals surface area contributed by atoms with E-state index in [1.165, 1.54) is 0 Å². The maximum Gasteiger partial charge on any atom is 0.228 e. The maximum absolute atomic E-state index is 12.1. The first-order chi connectivity index (χ1) is 7.56. The van der Waals surface area contributed by atoms with Gasteiger partial charge in [0.1, 0.15) is 0 Å². The van der Waals surface area contributed by atoms with Gasteiger partial charge in [0, 0.05) is 6.61 Å². The smallest absolute Gasteiger partial charge is 0.228 e. The molecule has 0 spiro atoms. The topological polar surface area (TPSA) is 49.8 Å². The summed E-state index contributed by atoms with van der Waals surface area (Å²) in [6.07, 6.45) is 2.60. The van der Waals surface area contributed by atoms with Crippen LogP contribution in [0.1, 0.15) is 33.1 Å². The van der Waals surface area contributed by atoms with Gasteiger partial charge in [-0.15, -0.1) is 0 Å². The Morgan fingerprint density at radius 3 is 2.75 bits per heavy atom. The average Bonchev–Trinajstić information content (AvgIpc) is 2.60. The predicted octanol–water partition coefficient (Wildman–Crippen LogP) is 0.785. The quantitative estimate of drug-likeness (QED) is 0.775. The summed E-state index contributed by atoms with van der Waals surface area (Å²) in [5.74, 6) is 0.164. The number of ether oxygens (including phenoxy) is 1. The molecule has 4 heteroatoms. The van der Waals surface area contributed by atoms with Crippen LogP contribution in [0.15, 0.2) is 0 Å². The molecule has 2 rings (SSSR count). The highest BCUT2D eigenvalue weighted by Gasteiger charge is 2.45. The van der Waals surface area contributed by atoms with Crippen LogP contribution in [0.3, 0.4) is 0 Å². The molecule has 2 fully saturated rings. The molecule has 92 valence electrons. The van der Waals surface area contributed by atoms with Crippen LogP contribution in [-0.2, 0) is 9.53 Å². The Morgan fingerprint density at radius 1 is 1.56 bits per heavy atom. The van der Waals surface area contributed by atoms with Crippen molar-refractivity contribution >= 4 is 5.91 Å². The van der Waals surface area contributed by atoms with Crippen LogP contribution in [0.25, 0.3) is 0 Å². The number of hydrogen-bond donors (Lipinski definition) is 1. The molecule has 2 aliphatic heterocycles. The number of amides is 1. The largest absolute Gasteiger partial charge is 0.386 e. The van der Waals surface area contributed by atoms with Gasteiger partial charge in [0.15, 0.2) is 0 Å². The van der Waals surface area contributed by atoms with E-state index in [0.717, 1.165) is 19.3 Å². The van der Waals surface area contributed by atoms with Gasteiger partial charge in [-0.05, 0) is 19.8 Å². The molecule has 2 aliphatic rings. The fourth-order valence-electron chi connectivity index (χ4n) is 2.73. The number of aliphatic hydroxyl groups is 1. The summed E-state index contributed by atoms with van der Waals surface area (Å²) < 4.78 is 5.39. The zero-order chi connectivity index (χ0) is 11.8. The van der Waals surface area contributed by atoms with Crippen molar-refractivity contribution in [1.82, 2.24) is 4.90 Å². The van der Waals surface area contributed by atoms with Gasteiger partial charge >= 0.3 is 0 Å². The fraction of sp³-hybridized carbons (Fsp3) is 0.917. The van der Waals surface area contributed by atoms with E-state index >= 15 is 0 Å². The molecule has 0 saturated carbocycles. The summed E-state index contributed by atoms with van der Waals surface area (Å²) in [7, 11) is 0. The van der Waals surface area contributed by atoms with Crippen LogP contribution < -0.4 is 0 Å². The molecule has 0 bridgehead atoms. The molecule has 0 aromatic rings. The monoisotopic (exact) mass is 227 g/mol. The number of carbonyl (C=O) groups excluding carboxylic acids is 1. The molecular formula is C12H21NO3. The third kappa shape index (κ3) is 2.09. The second-order valence-corrected chi connectivity index (χ2v) is 5.14. The first-order valence-corrected chi connectivity index (χ1v) is 6.18. The lowest BCUT2D eigenvalue weighted by molar-refractivity contribution is -0.162. The summed E-state index contributed by atoms with van der Waals surface area (Å²) in [5.41, 5.74) is -0.618. The summed E-state index contributed by atoms with van der Waals surface area (Å²) in [5, 5.41) is 10.0. The second kappa shape index (κ2) is 4.34. The molecule has 16 heavy (non-hydrogen) atoms. The number of likely N-dealkylation sites (tertiary alicyclic amines) is 1. The van der Waals surface area contributed by atoms with Crippen molar-refractivity contribution in [2.75, 3.05) is 19.7 Å². The van der Waals surface area contributed by atoms with Crippen molar-refractivity contribution in [2.45, 2.75) is 44.8 Å². The SMILES string of the molecule is CCCC1(O)CN(C(=O)C2CCOC2C)C1. The van der Waals surface area contributed by atoms with Gasteiger partial charge in [0.25, 0.3) is 0 Å². The van der Waals surface area contributed by atoms with E-state index < -0.39 is 5.60 Å². The normalized spacial score (nSPS) is 32.6. The van der Waals surface area contributed by atoms with Crippen LogP contribution in [0.2, 0.25) is 0 Å². The minimum absolute atomic E-state index is 0.00572. The molecule has 0 aromatic carbocycles. The van der Waals surface area contributed by atoms with Crippen LogP contribution in [0.4, 0.5) is 0 Å². The number of β-amino-alcohol motifs (C(OH)–C–C–N with tert-alkyl or cyclic N) is 1. The first kappa shape index (κ1) is 11.9. The van der Waals surface area contributed by atoms with E-state index in [1.807, 2.05) is 6.92 Å². The minimum atomic E-state index is -0.618. The predicted molar refractivity (Wildman–Crippen MR) is 60.0 cm³/mol. The number of nitrogens with zero attached hydrogens (tertiary/aromatic N) is 1. The zero-order valence-corrected chi connectivity index (χ0v) is 10.1. The molecule has 1 amide bonds. The lowest BCUT2D eigenvalue weighted by Gasteiger charge is -2.47. The highest BCUT2D eigenvalue weighted by molar-refractivity contribution is 5.80. The van der Waals surface area contributed by atoms with E-state index in [2.05, 4.69) is 6.92 Å². The summed E-state index contributed by atoms with van der Waals surface area (Å²) in [4.78, 5) is 13.8. The first-order valence-electron chi connectivity index (χ1n) is 6.18. The lowest BCUT2D eigenvalue weighted by atomic mass is 9.87. The lowest BCUT2D eigenvalue weighted by Crippen LogP contribution is -2.64. The third-order valence-corrected chi connectivity index (χ3v) is 3.69. The van der Waals surface area contributed by atoms with E-state index in [9.17, 15) is 9.90 Å². The zero-order valence-electron chi connectivity index (χ0n) is 10.1. The van der Waals surface area contributed by atoms with Crippen molar-refractivity contribution in [1.29, 1.82) is 0 Å². The van der Waals surface area contributed by atoms with Crippen LogP contribution in [-0.4, -0.2) is 47.3 Å². The highest BCUT2D eigenvalue weighted by Crippen LogP contribution is 2.30. The Kier molecular flexibility index (Phi) is 3.22. The van der Waals surface area contributed by atoms with Crippen molar-refractivity contribution in [3.05, 3.63) is 0 Å². The average molecular weight is 227 g/mol. The van der Waals surface area contributed by atoms with Crippen molar-refractivity contribution in [3.8, 4) is 0 Å². The van der Waals surface area contributed by atoms with Gasteiger partial charge in [-0.3, -0.25) is 4.79 Å². The molecule has 2 atom stereocenters. The molecule has 1 N–H and O–H groups in total. The Hall–Kier alpha value is -0.610.